The largest absolute Gasteiger partial charge is 0.484 e. The highest BCUT2D eigenvalue weighted by atomic mass is 35.5. The average Bonchev–Trinajstić information content (AvgIpc) is 2.68. The van der Waals surface area contributed by atoms with E-state index in [2.05, 4.69) is 0 Å². The predicted octanol–water partition coefficient (Wildman–Crippen LogP) is 1.55. The molecule has 1 saturated heterocycles. The maximum atomic E-state index is 12.3. The smallest absolute Gasteiger partial charge is 0.269 e. The van der Waals surface area contributed by atoms with Gasteiger partial charge in [0, 0.05) is 22.7 Å². The molecule has 142 valence electrons. The van der Waals surface area contributed by atoms with Gasteiger partial charge in [0.25, 0.3) is 11.6 Å². The first-order valence-corrected chi connectivity index (χ1v) is 9.12. The summed E-state index contributed by atoms with van der Waals surface area (Å²) in [5.41, 5.74) is 1.16. The van der Waals surface area contributed by atoms with Crippen molar-refractivity contribution in [2.75, 3.05) is 32.8 Å². The number of nitro groups is 1. The Bertz CT molecular complexity index is 788. The number of nitrogens with one attached hydrogen (secondary N) is 1. The van der Waals surface area contributed by atoms with E-state index in [4.69, 9.17) is 16.3 Å². The summed E-state index contributed by atoms with van der Waals surface area (Å²) in [6, 6.07) is 13.6. The molecular weight excluding hydrogens is 370 g/mol. The molecule has 1 fully saturated rings. The van der Waals surface area contributed by atoms with Crippen molar-refractivity contribution in [3.8, 4) is 5.75 Å². The second kappa shape index (κ2) is 8.83. The van der Waals surface area contributed by atoms with Gasteiger partial charge in [0.2, 0.25) is 0 Å². The second-order valence-electron chi connectivity index (χ2n) is 6.47. The number of amides is 1. The lowest BCUT2D eigenvalue weighted by Gasteiger charge is -2.32. The Morgan fingerprint density at radius 2 is 1.74 bits per heavy atom. The topological polar surface area (TPSA) is 77.1 Å². The molecular formula is C19H21ClN3O4+. The standard InChI is InChI=1S/C19H20ClN3O4/c20-16-3-7-18(8-4-16)27-14-19(24)22-11-9-21(10-12-22)13-15-1-5-17(6-2-15)23(25)26/h1-8H,9-14H2/p+1. The van der Waals surface area contributed by atoms with Gasteiger partial charge >= 0.3 is 0 Å². The third-order valence-corrected chi connectivity index (χ3v) is 4.85. The van der Waals surface area contributed by atoms with E-state index in [1.807, 2.05) is 4.90 Å². The molecule has 1 heterocycles. The van der Waals surface area contributed by atoms with Gasteiger partial charge in [0.1, 0.15) is 12.3 Å². The number of ether oxygens (including phenoxy) is 1. The Balaban J connectivity index is 1.43. The molecule has 0 radical (unpaired) electrons. The number of carbonyl (C=O) groups excluding carboxylic acids is 1. The fourth-order valence-corrected chi connectivity index (χ4v) is 3.17. The highest BCUT2D eigenvalue weighted by molar-refractivity contribution is 6.30. The number of nitrogens with zero attached hydrogens (tertiary/aromatic N) is 2. The van der Waals surface area contributed by atoms with Crippen LogP contribution in [0.4, 0.5) is 5.69 Å². The normalized spacial score (nSPS) is 14.8. The van der Waals surface area contributed by atoms with Crippen LogP contribution in [0.3, 0.4) is 0 Å². The number of non-ortho nitro benzene ring substituents is 1. The summed E-state index contributed by atoms with van der Waals surface area (Å²) in [5, 5.41) is 11.3. The molecule has 2 aromatic carbocycles. The highest BCUT2D eigenvalue weighted by Gasteiger charge is 2.24. The zero-order chi connectivity index (χ0) is 19.2. The minimum absolute atomic E-state index is 0.0132. The Morgan fingerprint density at radius 3 is 2.33 bits per heavy atom. The average molecular weight is 391 g/mol. The van der Waals surface area contributed by atoms with Crippen molar-refractivity contribution in [2.24, 2.45) is 0 Å². The van der Waals surface area contributed by atoms with Gasteiger partial charge in [-0.05, 0) is 36.4 Å². The molecule has 7 nitrogen and oxygen atoms in total. The lowest BCUT2D eigenvalue weighted by atomic mass is 10.2. The number of hydrogen-bond acceptors (Lipinski definition) is 4. The maximum absolute atomic E-state index is 12.3. The van der Waals surface area contributed by atoms with Crippen molar-refractivity contribution < 1.29 is 19.4 Å². The van der Waals surface area contributed by atoms with E-state index >= 15 is 0 Å². The van der Waals surface area contributed by atoms with Crippen molar-refractivity contribution in [1.82, 2.24) is 4.90 Å². The summed E-state index contributed by atoms with van der Waals surface area (Å²) in [6.07, 6.45) is 0. The van der Waals surface area contributed by atoms with Gasteiger partial charge in [-0.3, -0.25) is 14.9 Å². The van der Waals surface area contributed by atoms with Crippen LogP contribution in [-0.2, 0) is 11.3 Å². The van der Waals surface area contributed by atoms with Crippen LogP contribution >= 0.6 is 11.6 Å². The Morgan fingerprint density at radius 1 is 1.11 bits per heavy atom. The maximum Gasteiger partial charge on any atom is 0.269 e. The lowest BCUT2D eigenvalue weighted by molar-refractivity contribution is -0.917. The number of nitro benzene ring substituents is 1. The number of halogens is 1. The third kappa shape index (κ3) is 5.42. The van der Waals surface area contributed by atoms with Gasteiger partial charge in [-0.15, -0.1) is 0 Å². The summed E-state index contributed by atoms with van der Waals surface area (Å²) in [4.78, 5) is 25.8. The quantitative estimate of drug-likeness (QED) is 0.599. The molecule has 2 aromatic rings. The lowest BCUT2D eigenvalue weighted by Crippen LogP contribution is -3.13. The van der Waals surface area contributed by atoms with Crippen molar-refractivity contribution in [3.05, 3.63) is 69.2 Å². The number of quaternary nitrogens is 1. The zero-order valence-electron chi connectivity index (χ0n) is 14.8. The molecule has 0 aromatic heterocycles. The first-order chi connectivity index (χ1) is 13.0. The molecule has 1 aliphatic heterocycles. The zero-order valence-corrected chi connectivity index (χ0v) is 15.5. The van der Waals surface area contributed by atoms with E-state index in [9.17, 15) is 14.9 Å². The van der Waals surface area contributed by atoms with E-state index in [0.717, 1.165) is 25.2 Å². The molecule has 8 heteroatoms. The summed E-state index contributed by atoms with van der Waals surface area (Å²) >= 11 is 5.83. The number of carbonyl (C=O) groups is 1. The highest BCUT2D eigenvalue weighted by Crippen LogP contribution is 2.15. The van der Waals surface area contributed by atoms with Gasteiger partial charge in [-0.2, -0.15) is 0 Å². The summed E-state index contributed by atoms with van der Waals surface area (Å²) in [6.45, 7) is 3.82. The van der Waals surface area contributed by atoms with E-state index in [1.54, 1.807) is 36.4 Å². The van der Waals surface area contributed by atoms with Crippen LogP contribution in [0, 0.1) is 10.1 Å². The van der Waals surface area contributed by atoms with Crippen LogP contribution in [-0.4, -0.2) is 48.5 Å². The molecule has 0 bridgehead atoms. The first kappa shape index (κ1) is 19.1. The van der Waals surface area contributed by atoms with Gasteiger partial charge in [0.05, 0.1) is 31.1 Å². The number of benzene rings is 2. The van der Waals surface area contributed by atoms with E-state index in [-0.39, 0.29) is 18.2 Å². The van der Waals surface area contributed by atoms with Crippen molar-refractivity contribution in [2.45, 2.75) is 6.54 Å². The molecule has 1 aliphatic rings. The molecule has 0 aliphatic carbocycles. The summed E-state index contributed by atoms with van der Waals surface area (Å²) in [7, 11) is 0. The van der Waals surface area contributed by atoms with Crippen LogP contribution in [0.5, 0.6) is 5.75 Å². The van der Waals surface area contributed by atoms with Crippen LogP contribution in [0.2, 0.25) is 5.02 Å². The van der Waals surface area contributed by atoms with Crippen LogP contribution in [0.1, 0.15) is 5.56 Å². The molecule has 27 heavy (non-hydrogen) atoms. The first-order valence-electron chi connectivity index (χ1n) is 8.74. The van der Waals surface area contributed by atoms with Crippen LogP contribution < -0.4 is 9.64 Å². The van der Waals surface area contributed by atoms with Crippen molar-refractivity contribution in [1.29, 1.82) is 0 Å². The SMILES string of the molecule is O=C(COc1ccc(Cl)cc1)N1CC[NH+](Cc2ccc([N+](=O)[O-])cc2)CC1. The second-order valence-corrected chi connectivity index (χ2v) is 6.91. The summed E-state index contributed by atoms with van der Waals surface area (Å²) in [5.74, 6) is 0.592. The Hall–Kier alpha value is -2.64. The predicted molar refractivity (Wildman–Crippen MR) is 101 cm³/mol. The monoisotopic (exact) mass is 390 g/mol. The fraction of sp³-hybridized carbons (Fsp3) is 0.316. The third-order valence-electron chi connectivity index (χ3n) is 4.60. The van der Waals surface area contributed by atoms with Crippen molar-refractivity contribution in [3.63, 3.8) is 0 Å². The molecule has 1 amide bonds. The summed E-state index contributed by atoms with van der Waals surface area (Å²) < 4.78 is 5.52. The minimum atomic E-state index is -0.396. The van der Waals surface area contributed by atoms with Gasteiger partial charge in [-0.25, -0.2) is 0 Å². The van der Waals surface area contributed by atoms with Crippen LogP contribution in [0.25, 0.3) is 0 Å². The van der Waals surface area contributed by atoms with E-state index < -0.39 is 4.92 Å². The molecule has 0 saturated carbocycles. The molecule has 0 spiro atoms. The van der Waals surface area contributed by atoms with E-state index in [0.29, 0.717) is 23.9 Å². The number of rotatable bonds is 6. The number of piperazine rings is 1. The Kier molecular flexibility index (Phi) is 6.26. The van der Waals surface area contributed by atoms with Gasteiger partial charge in [0.15, 0.2) is 6.61 Å². The Labute approximate surface area is 162 Å². The van der Waals surface area contributed by atoms with E-state index in [1.165, 1.54) is 17.0 Å². The molecule has 3 rings (SSSR count). The van der Waals surface area contributed by atoms with Gasteiger partial charge < -0.3 is 14.5 Å². The minimum Gasteiger partial charge on any atom is -0.484 e. The fourth-order valence-electron chi connectivity index (χ4n) is 3.04. The molecule has 0 atom stereocenters. The number of hydrogen-bond donors (Lipinski definition) is 1. The van der Waals surface area contributed by atoms with Crippen molar-refractivity contribution >= 4 is 23.2 Å². The molecule has 1 N–H and O–H groups in total. The molecule has 0 unspecified atom stereocenters. The van der Waals surface area contributed by atoms with Crippen LogP contribution in [0.15, 0.2) is 48.5 Å². The van der Waals surface area contributed by atoms with Gasteiger partial charge in [-0.1, -0.05) is 11.6 Å².